The van der Waals surface area contributed by atoms with E-state index in [1.165, 1.54) is 77.0 Å². The van der Waals surface area contributed by atoms with Gasteiger partial charge in [-0.05, 0) is 43.7 Å². The summed E-state index contributed by atoms with van der Waals surface area (Å²) in [6, 6.07) is 0. The van der Waals surface area contributed by atoms with E-state index in [9.17, 15) is 4.79 Å². The molecule has 0 N–H and O–H groups in total. The number of rotatable bonds is 16. The van der Waals surface area contributed by atoms with E-state index < -0.39 is 0 Å². The van der Waals surface area contributed by atoms with Gasteiger partial charge in [0, 0.05) is 6.42 Å². The first-order valence-electron chi connectivity index (χ1n) is 9.10. The molecular formula is C19H35ClO. The van der Waals surface area contributed by atoms with Crippen molar-refractivity contribution in [3.63, 3.8) is 0 Å². The molecule has 0 aromatic heterocycles. The van der Waals surface area contributed by atoms with Crippen LogP contribution in [0.15, 0.2) is 12.2 Å². The van der Waals surface area contributed by atoms with Crippen molar-refractivity contribution in [2.24, 2.45) is 0 Å². The number of unbranched alkanes of at least 4 members (excludes halogenated alkanes) is 12. The van der Waals surface area contributed by atoms with E-state index in [2.05, 4.69) is 19.1 Å². The molecule has 0 unspecified atom stereocenters. The molecule has 124 valence electrons. The van der Waals surface area contributed by atoms with Crippen LogP contribution in [0.25, 0.3) is 0 Å². The standard InChI is InChI=1S/C19H35ClO/c1-2-3-4-5-6-7-8-9-10-11-12-13-14-15-16-17-18-19(20)21/h9-10H,2-8,11-18H2,1H3. The highest BCUT2D eigenvalue weighted by Gasteiger charge is 1.95. The molecule has 21 heavy (non-hydrogen) atoms. The topological polar surface area (TPSA) is 17.1 Å². The first kappa shape index (κ1) is 20.7. The second-order valence-corrected chi connectivity index (χ2v) is 6.46. The first-order valence-corrected chi connectivity index (χ1v) is 9.48. The van der Waals surface area contributed by atoms with Crippen molar-refractivity contribution in [1.29, 1.82) is 0 Å². The molecule has 1 nitrogen and oxygen atoms in total. The minimum atomic E-state index is -0.189. The minimum absolute atomic E-state index is 0.189. The molecule has 0 bridgehead atoms. The van der Waals surface area contributed by atoms with Crippen LogP contribution in [0.3, 0.4) is 0 Å². The number of carbonyl (C=O) groups is 1. The van der Waals surface area contributed by atoms with Crippen molar-refractivity contribution in [2.45, 2.75) is 103 Å². The summed E-state index contributed by atoms with van der Waals surface area (Å²) in [5, 5.41) is -0.189. The Morgan fingerprint density at radius 1 is 0.714 bits per heavy atom. The predicted octanol–water partition coefficient (Wildman–Crippen LogP) is 7.18. The van der Waals surface area contributed by atoms with Crippen molar-refractivity contribution in [1.82, 2.24) is 0 Å². The molecule has 0 aliphatic rings. The molecule has 0 rings (SSSR count). The molecular weight excluding hydrogens is 280 g/mol. The van der Waals surface area contributed by atoms with Crippen molar-refractivity contribution in [2.75, 3.05) is 0 Å². The van der Waals surface area contributed by atoms with E-state index in [0.29, 0.717) is 6.42 Å². The predicted molar refractivity (Wildman–Crippen MR) is 94.9 cm³/mol. The highest BCUT2D eigenvalue weighted by molar-refractivity contribution is 6.63. The van der Waals surface area contributed by atoms with Gasteiger partial charge in [-0.15, -0.1) is 0 Å². The van der Waals surface area contributed by atoms with Gasteiger partial charge in [0.25, 0.3) is 0 Å². The van der Waals surface area contributed by atoms with Crippen LogP contribution in [0.1, 0.15) is 103 Å². The summed E-state index contributed by atoms with van der Waals surface area (Å²) in [5.41, 5.74) is 0. The SMILES string of the molecule is CCCCCCCCC=CCCCCCCCCC(=O)Cl. The normalized spacial score (nSPS) is 11.3. The molecule has 0 radical (unpaired) electrons. The van der Waals surface area contributed by atoms with Crippen molar-refractivity contribution in [3.05, 3.63) is 12.2 Å². The van der Waals surface area contributed by atoms with E-state index in [1.807, 2.05) is 0 Å². The van der Waals surface area contributed by atoms with E-state index in [-0.39, 0.29) is 5.24 Å². The van der Waals surface area contributed by atoms with E-state index in [4.69, 9.17) is 11.6 Å². The third-order valence-electron chi connectivity index (χ3n) is 3.89. The van der Waals surface area contributed by atoms with Crippen LogP contribution < -0.4 is 0 Å². The summed E-state index contributed by atoms with van der Waals surface area (Å²) < 4.78 is 0. The van der Waals surface area contributed by atoms with E-state index >= 15 is 0 Å². The van der Waals surface area contributed by atoms with Crippen LogP contribution in [-0.4, -0.2) is 5.24 Å². The molecule has 0 aromatic carbocycles. The van der Waals surface area contributed by atoms with Gasteiger partial charge in [-0.3, -0.25) is 4.79 Å². The van der Waals surface area contributed by atoms with E-state index in [0.717, 1.165) is 12.8 Å². The number of hydrogen-bond acceptors (Lipinski definition) is 1. The largest absolute Gasteiger partial charge is 0.281 e. The molecule has 0 aliphatic heterocycles. The second kappa shape index (κ2) is 17.8. The van der Waals surface area contributed by atoms with Crippen LogP contribution in [0, 0.1) is 0 Å². The molecule has 0 atom stereocenters. The Morgan fingerprint density at radius 2 is 1.14 bits per heavy atom. The van der Waals surface area contributed by atoms with Gasteiger partial charge in [-0.1, -0.05) is 76.9 Å². The summed E-state index contributed by atoms with van der Waals surface area (Å²) in [5.74, 6) is 0. The Hall–Kier alpha value is -0.300. The molecule has 0 saturated carbocycles. The van der Waals surface area contributed by atoms with Gasteiger partial charge in [-0.25, -0.2) is 0 Å². The Bertz CT molecular complexity index is 248. The Labute approximate surface area is 137 Å². The van der Waals surface area contributed by atoms with Gasteiger partial charge in [0.15, 0.2) is 0 Å². The summed E-state index contributed by atoms with van der Waals surface area (Å²) in [7, 11) is 0. The molecule has 0 spiro atoms. The van der Waals surface area contributed by atoms with Gasteiger partial charge in [0.2, 0.25) is 5.24 Å². The van der Waals surface area contributed by atoms with Crippen LogP contribution in [0.4, 0.5) is 0 Å². The zero-order chi connectivity index (χ0) is 15.6. The van der Waals surface area contributed by atoms with Gasteiger partial charge in [0.1, 0.15) is 0 Å². The maximum absolute atomic E-state index is 10.5. The van der Waals surface area contributed by atoms with Crippen molar-refractivity contribution < 1.29 is 4.79 Å². The molecule has 0 aromatic rings. The summed E-state index contributed by atoms with van der Waals surface area (Å²) in [4.78, 5) is 10.5. The monoisotopic (exact) mass is 314 g/mol. The Morgan fingerprint density at radius 3 is 1.62 bits per heavy atom. The number of hydrogen-bond donors (Lipinski definition) is 0. The molecule has 0 amide bonds. The Kier molecular flexibility index (Phi) is 17.5. The van der Waals surface area contributed by atoms with Crippen LogP contribution in [0.2, 0.25) is 0 Å². The summed E-state index contributed by atoms with van der Waals surface area (Å²) in [6.07, 6.45) is 23.4. The Balaban J connectivity index is 3.07. The number of carbonyl (C=O) groups excluding carboxylic acids is 1. The van der Waals surface area contributed by atoms with Crippen LogP contribution in [-0.2, 0) is 4.79 Å². The van der Waals surface area contributed by atoms with Gasteiger partial charge in [0.05, 0.1) is 0 Å². The number of allylic oxidation sites excluding steroid dienone is 2. The lowest BCUT2D eigenvalue weighted by Crippen LogP contribution is -1.86. The third-order valence-corrected chi connectivity index (χ3v) is 4.07. The van der Waals surface area contributed by atoms with Crippen LogP contribution >= 0.6 is 11.6 Å². The lowest BCUT2D eigenvalue weighted by molar-refractivity contribution is -0.111. The minimum Gasteiger partial charge on any atom is -0.281 e. The number of halogens is 1. The molecule has 2 heteroatoms. The fourth-order valence-electron chi connectivity index (χ4n) is 2.51. The second-order valence-electron chi connectivity index (χ2n) is 6.04. The average Bonchev–Trinajstić information content (AvgIpc) is 2.46. The average molecular weight is 315 g/mol. The maximum Gasteiger partial charge on any atom is 0.221 e. The summed E-state index contributed by atoms with van der Waals surface area (Å²) in [6.45, 7) is 2.27. The molecule has 0 fully saturated rings. The van der Waals surface area contributed by atoms with Crippen molar-refractivity contribution >= 4 is 16.8 Å². The lowest BCUT2D eigenvalue weighted by atomic mass is 10.1. The molecule has 0 heterocycles. The summed E-state index contributed by atoms with van der Waals surface area (Å²) >= 11 is 5.30. The third kappa shape index (κ3) is 19.7. The van der Waals surface area contributed by atoms with Crippen molar-refractivity contribution in [3.8, 4) is 0 Å². The van der Waals surface area contributed by atoms with Crippen LogP contribution in [0.5, 0.6) is 0 Å². The molecule has 0 aliphatic carbocycles. The highest BCUT2D eigenvalue weighted by atomic mass is 35.5. The lowest BCUT2D eigenvalue weighted by Gasteiger charge is -1.99. The molecule has 0 saturated heterocycles. The van der Waals surface area contributed by atoms with Gasteiger partial charge >= 0.3 is 0 Å². The van der Waals surface area contributed by atoms with E-state index in [1.54, 1.807) is 0 Å². The highest BCUT2D eigenvalue weighted by Crippen LogP contribution is 2.10. The quantitative estimate of drug-likeness (QED) is 0.167. The smallest absolute Gasteiger partial charge is 0.221 e. The first-order chi connectivity index (χ1) is 10.3. The fourth-order valence-corrected chi connectivity index (χ4v) is 2.65. The zero-order valence-corrected chi connectivity index (χ0v) is 14.8. The fraction of sp³-hybridized carbons (Fsp3) is 0.842. The maximum atomic E-state index is 10.5. The van der Waals surface area contributed by atoms with Gasteiger partial charge < -0.3 is 0 Å². The van der Waals surface area contributed by atoms with Gasteiger partial charge in [-0.2, -0.15) is 0 Å². The zero-order valence-electron chi connectivity index (χ0n) is 14.0.